The molecule has 19 heavy (non-hydrogen) atoms. The van der Waals surface area contributed by atoms with Gasteiger partial charge in [-0.2, -0.15) is 5.10 Å². The third kappa shape index (κ3) is 3.77. The zero-order valence-corrected chi connectivity index (χ0v) is 13.1. The Morgan fingerprint density at radius 1 is 1.37 bits per heavy atom. The maximum atomic E-state index is 12.4. The molecule has 0 fully saturated rings. The van der Waals surface area contributed by atoms with Crippen molar-refractivity contribution in [1.82, 2.24) is 14.5 Å². The van der Waals surface area contributed by atoms with Gasteiger partial charge in [-0.25, -0.2) is 13.1 Å². The molecule has 6 nitrogen and oxygen atoms in total. The van der Waals surface area contributed by atoms with Gasteiger partial charge >= 0.3 is 0 Å². The minimum atomic E-state index is -3.57. The Kier molecular flexibility index (Phi) is 5.11. The van der Waals surface area contributed by atoms with Crippen molar-refractivity contribution in [2.24, 2.45) is 18.7 Å². The molecule has 0 bridgehead atoms. The number of hydrogen-bond acceptors (Lipinski definition) is 4. The Morgan fingerprint density at radius 3 is 2.32 bits per heavy atom. The van der Waals surface area contributed by atoms with Crippen LogP contribution < -0.4 is 10.5 Å². The second-order valence-corrected chi connectivity index (χ2v) is 6.96. The normalized spacial score (nSPS) is 14.1. The van der Waals surface area contributed by atoms with Crippen molar-refractivity contribution in [2.75, 3.05) is 6.54 Å². The van der Waals surface area contributed by atoms with Crippen LogP contribution >= 0.6 is 0 Å². The van der Waals surface area contributed by atoms with Gasteiger partial charge in [-0.3, -0.25) is 4.68 Å². The number of rotatable bonds is 6. The molecular formula is C12H24N4O2S. The number of nitrogens with one attached hydrogen (secondary N) is 1. The van der Waals surface area contributed by atoms with Crippen molar-refractivity contribution >= 4 is 10.0 Å². The number of hydrogen-bond donors (Lipinski definition) is 2. The van der Waals surface area contributed by atoms with Gasteiger partial charge in [0, 0.05) is 19.6 Å². The molecule has 0 spiro atoms. The van der Waals surface area contributed by atoms with Crippen molar-refractivity contribution in [3.8, 4) is 0 Å². The highest BCUT2D eigenvalue weighted by Gasteiger charge is 2.26. The van der Waals surface area contributed by atoms with E-state index >= 15 is 0 Å². The van der Waals surface area contributed by atoms with Gasteiger partial charge in [0.15, 0.2) is 0 Å². The van der Waals surface area contributed by atoms with Crippen LogP contribution in [0.2, 0.25) is 0 Å². The lowest BCUT2D eigenvalue weighted by molar-refractivity contribution is 0.464. The minimum absolute atomic E-state index is 0.246. The molecule has 1 atom stereocenters. The molecule has 3 N–H and O–H groups in total. The zero-order valence-electron chi connectivity index (χ0n) is 12.3. The SMILES string of the molecule is Cc1nn(C)c(C)c1S(=O)(=O)NC(CN)CC(C)C. The summed E-state index contributed by atoms with van der Waals surface area (Å²) < 4.78 is 29.1. The Hall–Kier alpha value is -0.920. The number of aromatic nitrogens is 2. The van der Waals surface area contributed by atoms with Crippen LogP contribution in [0.5, 0.6) is 0 Å². The number of nitrogens with zero attached hydrogens (tertiary/aromatic N) is 2. The van der Waals surface area contributed by atoms with Gasteiger partial charge in [0.05, 0.1) is 11.4 Å². The molecule has 1 unspecified atom stereocenters. The van der Waals surface area contributed by atoms with Crippen LogP contribution in [0.15, 0.2) is 4.90 Å². The minimum Gasteiger partial charge on any atom is -0.329 e. The lowest BCUT2D eigenvalue weighted by Gasteiger charge is -2.18. The molecule has 0 aliphatic heterocycles. The monoisotopic (exact) mass is 288 g/mol. The first kappa shape index (κ1) is 16.1. The molecule has 1 aromatic heterocycles. The summed E-state index contributed by atoms with van der Waals surface area (Å²) in [6, 6.07) is -0.246. The predicted octanol–water partition coefficient (Wildman–Crippen LogP) is 0.689. The molecule has 0 radical (unpaired) electrons. The summed E-state index contributed by atoms with van der Waals surface area (Å²) in [6.07, 6.45) is 0.716. The molecule has 110 valence electrons. The molecule has 1 aromatic rings. The summed E-state index contributed by atoms with van der Waals surface area (Å²) in [5.74, 6) is 0.382. The molecule has 0 saturated carbocycles. The highest BCUT2D eigenvalue weighted by Crippen LogP contribution is 2.19. The molecule has 0 aromatic carbocycles. The molecule has 1 rings (SSSR count). The summed E-state index contributed by atoms with van der Waals surface area (Å²) in [4.78, 5) is 0.261. The third-order valence-corrected chi connectivity index (χ3v) is 4.85. The largest absolute Gasteiger partial charge is 0.329 e. The van der Waals surface area contributed by atoms with Gasteiger partial charge in [-0.05, 0) is 26.2 Å². The summed E-state index contributed by atoms with van der Waals surface area (Å²) in [7, 11) is -1.84. The van der Waals surface area contributed by atoms with Crippen molar-refractivity contribution in [3.63, 3.8) is 0 Å². The second kappa shape index (κ2) is 6.02. The lowest BCUT2D eigenvalue weighted by atomic mass is 10.1. The van der Waals surface area contributed by atoms with Crippen molar-refractivity contribution in [3.05, 3.63) is 11.4 Å². The first-order valence-electron chi connectivity index (χ1n) is 6.41. The van der Waals surface area contributed by atoms with E-state index in [1.54, 1.807) is 25.6 Å². The molecule has 0 aliphatic carbocycles. The van der Waals surface area contributed by atoms with Crippen LogP contribution in [0.1, 0.15) is 31.7 Å². The average molecular weight is 288 g/mol. The van der Waals surface area contributed by atoms with Gasteiger partial charge in [-0.15, -0.1) is 0 Å². The Morgan fingerprint density at radius 2 is 1.95 bits per heavy atom. The van der Waals surface area contributed by atoms with E-state index in [1.807, 2.05) is 13.8 Å². The maximum Gasteiger partial charge on any atom is 0.244 e. The smallest absolute Gasteiger partial charge is 0.244 e. The van der Waals surface area contributed by atoms with E-state index in [2.05, 4.69) is 9.82 Å². The fraction of sp³-hybridized carbons (Fsp3) is 0.750. The van der Waals surface area contributed by atoms with E-state index in [-0.39, 0.29) is 17.5 Å². The quantitative estimate of drug-likeness (QED) is 0.806. The highest BCUT2D eigenvalue weighted by atomic mass is 32.2. The number of nitrogens with two attached hydrogens (primary N) is 1. The fourth-order valence-electron chi connectivity index (χ4n) is 2.18. The second-order valence-electron chi connectivity index (χ2n) is 5.31. The average Bonchev–Trinajstić information content (AvgIpc) is 2.51. The van der Waals surface area contributed by atoms with Gasteiger partial charge in [0.2, 0.25) is 10.0 Å². The van der Waals surface area contributed by atoms with E-state index in [0.717, 1.165) is 0 Å². The molecular weight excluding hydrogens is 264 g/mol. The standard InChI is InChI=1S/C12H24N4O2S/c1-8(2)6-11(7-13)15-19(17,18)12-9(3)14-16(5)10(12)4/h8,11,15H,6-7,13H2,1-5H3. The molecule has 1 heterocycles. The lowest BCUT2D eigenvalue weighted by Crippen LogP contribution is -2.41. The van der Waals surface area contributed by atoms with E-state index in [0.29, 0.717) is 23.7 Å². The maximum absolute atomic E-state index is 12.4. The van der Waals surface area contributed by atoms with Crippen molar-refractivity contribution < 1.29 is 8.42 Å². The van der Waals surface area contributed by atoms with Crippen LogP contribution in [0.4, 0.5) is 0 Å². The van der Waals surface area contributed by atoms with Crippen LogP contribution in [0, 0.1) is 19.8 Å². The van der Waals surface area contributed by atoms with Crippen LogP contribution in [0.3, 0.4) is 0 Å². The predicted molar refractivity (Wildman–Crippen MR) is 75.3 cm³/mol. The fourth-order valence-corrected chi connectivity index (χ4v) is 3.88. The zero-order chi connectivity index (χ0) is 14.8. The first-order valence-corrected chi connectivity index (χ1v) is 7.90. The van der Waals surface area contributed by atoms with Gasteiger partial charge in [0.25, 0.3) is 0 Å². The molecule has 7 heteroatoms. The summed E-state index contributed by atoms with van der Waals surface area (Å²) in [5.41, 5.74) is 6.78. The number of aryl methyl sites for hydroxylation is 2. The van der Waals surface area contributed by atoms with Gasteiger partial charge in [0.1, 0.15) is 4.90 Å². The summed E-state index contributed by atoms with van der Waals surface area (Å²) in [6.45, 7) is 7.81. The Labute approximate surface area is 115 Å². The van der Waals surface area contributed by atoms with Crippen LogP contribution in [-0.4, -0.2) is 30.8 Å². The summed E-state index contributed by atoms with van der Waals surface area (Å²) >= 11 is 0. The Bertz CT molecular complexity index is 534. The molecule has 0 saturated heterocycles. The van der Waals surface area contributed by atoms with Crippen molar-refractivity contribution in [1.29, 1.82) is 0 Å². The number of sulfonamides is 1. The summed E-state index contributed by atoms with van der Waals surface area (Å²) in [5, 5.41) is 4.14. The van der Waals surface area contributed by atoms with E-state index in [1.165, 1.54) is 0 Å². The molecule has 0 aliphatic rings. The van der Waals surface area contributed by atoms with Crippen molar-refractivity contribution in [2.45, 2.75) is 45.1 Å². The van der Waals surface area contributed by atoms with E-state index in [9.17, 15) is 8.42 Å². The van der Waals surface area contributed by atoms with Crippen LogP contribution in [-0.2, 0) is 17.1 Å². The van der Waals surface area contributed by atoms with E-state index < -0.39 is 10.0 Å². The first-order chi connectivity index (χ1) is 8.69. The molecule has 0 amide bonds. The van der Waals surface area contributed by atoms with Gasteiger partial charge in [-0.1, -0.05) is 13.8 Å². The third-order valence-electron chi connectivity index (χ3n) is 3.07. The highest BCUT2D eigenvalue weighted by molar-refractivity contribution is 7.89. The topological polar surface area (TPSA) is 90.0 Å². The Balaban J connectivity index is 3.04. The van der Waals surface area contributed by atoms with E-state index in [4.69, 9.17) is 5.73 Å². The van der Waals surface area contributed by atoms with Crippen LogP contribution in [0.25, 0.3) is 0 Å². The van der Waals surface area contributed by atoms with Gasteiger partial charge < -0.3 is 5.73 Å².